The molecule has 3 heterocycles. The third-order valence-electron chi connectivity index (χ3n) is 4.28. The van der Waals surface area contributed by atoms with E-state index in [9.17, 15) is 14.0 Å². The van der Waals surface area contributed by atoms with Crippen LogP contribution in [0.2, 0.25) is 0 Å². The summed E-state index contributed by atoms with van der Waals surface area (Å²) >= 11 is 0. The molecule has 7 nitrogen and oxygen atoms in total. The second-order valence-electron chi connectivity index (χ2n) is 6.15. The number of methoxy groups -OCH3 is 1. The molecule has 1 aliphatic rings. The van der Waals surface area contributed by atoms with E-state index in [2.05, 4.69) is 9.97 Å². The maximum atomic E-state index is 13.6. The fourth-order valence-electron chi connectivity index (χ4n) is 3.08. The normalized spacial score (nSPS) is 17.2. The number of benzene rings is 1. The van der Waals surface area contributed by atoms with Gasteiger partial charge in [-0.25, -0.2) is 14.2 Å². The van der Waals surface area contributed by atoms with Crippen LogP contribution in [0, 0.1) is 5.82 Å². The van der Waals surface area contributed by atoms with Gasteiger partial charge in [0.15, 0.2) is 11.9 Å². The molecular formula is C20H15FN2O5. The Morgan fingerprint density at radius 1 is 1.29 bits per heavy atom. The zero-order valence-electron chi connectivity index (χ0n) is 15.0. The third kappa shape index (κ3) is 3.09. The molecule has 0 fully saturated rings. The second kappa shape index (κ2) is 6.80. The summed E-state index contributed by atoms with van der Waals surface area (Å²) in [6.07, 6.45) is 3.91. The summed E-state index contributed by atoms with van der Waals surface area (Å²) in [6, 6.07) is 5.94. The van der Waals surface area contributed by atoms with Gasteiger partial charge in [-0.2, -0.15) is 0 Å². The van der Waals surface area contributed by atoms with E-state index in [0.717, 1.165) is 5.39 Å². The van der Waals surface area contributed by atoms with Crippen molar-refractivity contribution in [1.82, 2.24) is 9.97 Å². The van der Waals surface area contributed by atoms with Crippen LogP contribution in [0.4, 0.5) is 4.39 Å². The Kier molecular flexibility index (Phi) is 4.31. The van der Waals surface area contributed by atoms with Gasteiger partial charge in [-0.15, -0.1) is 0 Å². The molecule has 28 heavy (non-hydrogen) atoms. The largest absolute Gasteiger partial charge is 0.477 e. The van der Waals surface area contributed by atoms with Crippen molar-refractivity contribution in [3.63, 3.8) is 0 Å². The molecule has 1 aromatic carbocycles. The van der Waals surface area contributed by atoms with Crippen LogP contribution >= 0.6 is 0 Å². The van der Waals surface area contributed by atoms with Gasteiger partial charge in [-0.3, -0.25) is 4.79 Å². The van der Waals surface area contributed by atoms with Crippen LogP contribution in [0.1, 0.15) is 29.2 Å². The Bertz CT molecular complexity index is 1180. The fraction of sp³-hybridized carbons (Fsp3) is 0.150. The average Bonchev–Trinajstić information content (AvgIpc) is 3.28. The van der Waals surface area contributed by atoms with E-state index in [-0.39, 0.29) is 11.5 Å². The highest BCUT2D eigenvalue weighted by atomic mass is 19.1. The van der Waals surface area contributed by atoms with Crippen LogP contribution < -0.4 is 0 Å². The number of pyridine rings is 1. The third-order valence-corrected chi connectivity index (χ3v) is 4.28. The van der Waals surface area contributed by atoms with E-state index in [1.807, 2.05) is 0 Å². The van der Waals surface area contributed by atoms with Crippen LogP contribution in [0.15, 0.2) is 48.4 Å². The van der Waals surface area contributed by atoms with Gasteiger partial charge < -0.3 is 19.2 Å². The first kappa shape index (κ1) is 17.7. The Hall–Kier alpha value is -3.68. The topological polar surface area (TPSA) is 90.5 Å². The van der Waals surface area contributed by atoms with Gasteiger partial charge in [-0.05, 0) is 36.4 Å². The lowest BCUT2D eigenvalue weighted by atomic mass is 10.1. The lowest BCUT2D eigenvalue weighted by Crippen LogP contribution is -2.09. The number of allylic oxidation sites excluding steroid dienone is 1. The Morgan fingerprint density at radius 3 is 2.86 bits per heavy atom. The number of halogens is 1. The molecule has 142 valence electrons. The molecule has 1 unspecified atom stereocenters. The minimum Gasteiger partial charge on any atom is -0.477 e. The van der Waals surface area contributed by atoms with E-state index >= 15 is 0 Å². The molecule has 0 amide bonds. The van der Waals surface area contributed by atoms with Crippen molar-refractivity contribution in [2.45, 2.75) is 13.0 Å². The summed E-state index contributed by atoms with van der Waals surface area (Å²) in [4.78, 5) is 30.6. The molecule has 0 bridgehead atoms. The first-order valence-electron chi connectivity index (χ1n) is 8.38. The van der Waals surface area contributed by atoms with Crippen LogP contribution in [-0.4, -0.2) is 29.0 Å². The molecule has 2 aromatic heterocycles. The summed E-state index contributed by atoms with van der Waals surface area (Å²) in [5, 5.41) is 1.43. The van der Waals surface area contributed by atoms with Gasteiger partial charge in [0.1, 0.15) is 23.5 Å². The maximum Gasteiger partial charge on any atom is 0.356 e. The molecule has 3 aromatic rings. The number of fused-ring (bicyclic) bond motifs is 3. The van der Waals surface area contributed by atoms with E-state index in [1.165, 1.54) is 32.4 Å². The Morgan fingerprint density at radius 2 is 2.11 bits per heavy atom. The molecule has 8 heteroatoms. The monoisotopic (exact) mass is 382 g/mol. The number of hydrogen-bond acceptors (Lipinski definition) is 6. The van der Waals surface area contributed by atoms with E-state index in [0.29, 0.717) is 27.9 Å². The highest BCUT2D eigenvalue weighted by Crippen LogP contribution is 2.35. The van der Waals surface area contributed by atoms with Gasteiger partial charge in [0.25, 0.3) is 0 Å². The van der Waals surface area contributed by atoms with Crippen molar-refractivity contribution in [3.05, 3.63) is 65.6 Å². The molecule has 0 saturated heterocycles. The standard InChI is InChI=1S/C20H15FN2O5/c1-10(24)27-9-12-4-6-17(28-12)19-18-14(8-16(23-19)20(25)26-2)13-5-3-11(21)7-15(13)22-18/h3-9,17,22H,1-2H3. The Labute approximate surface area is 158 Å². The predicted molar refractivity (Wildman–Crippen MR) is 97.7 cm³/mol. The van der Waals surface area contributed by atoms with Crippen molar-refractivity contribution in [2.24, 2.45) is 0 Å². The average molecular weight is 382 g/mol. The Balaban J connectivity index is 1.86. The van der Waals surface area contributed by atoms with Crippen molar-refractivity contribution < 1.29 is 28.2 Å². The SMILES string of the molecule is COC(=O)c1cc2c([nH]c3cc(F)ccc32)c(C2C=CC(=COC(C)=O)O2)n1. The van der Waals surface area contributed by atoms with Crippen LogP contribution in [0.3, 0.4) is 0 Å². The molecule has 1 atom stereocenters. The number of carbonyl (C=O) groups is 2. The summed E-state index contributed by atoms with van der Waals surface area (Å²) in [5.74, 6) is -1.12. The zero-order valence-corrected chi connectivity index (χ0v) is 15.0. The number of nitrogens with one attached hydrogen (secondary N) is 1. The summed E-state index contributed by atoms with van der Waals surface area (Å²) < 4.78 is 29.0. The quantitative estimate of drug-likeness (QED) is 0.549. The minimum absolute atomic E-state index is 0.102. The number of ether oxygens (including phenoxy) is 3. The molecular weight excluding hydrogens is 367 g/mol. The van der Waals surface area contributed by atoms with Crippen molar-refractivity contribution in [3.8, 4) is 0 Å². The van der Waals surface area contributed by atoms with Gasteiger partial charge in [0.2, 0.25) is 0 Å². The predicted octanol–water partition coefficient (Wildman–Crippen LogP) is 3.67. The molecule has 1 N–H and O–H groups in total. The lowest BCUT2D eigenvalue weighted by Gasteiger charge is -2.12. The molecule has 0 aliphatic carbocycles. The van der Waals surface area contributed by atoms with Crippen molar-refractivity contribution in [2.75, 3.05) is 7.11 Å². The number of aromatic amines is 1. The van der Waals surface area contributed by atoms with Crippen LogP contribution in [-0.2, 0) is 19.0 Å². The highest BCUT2D eigenvalue weighted by Gasteiger charge is 2.25. The molecule has 0 saturated carbocycles. The minimum atomic E-state index is -0.633. The summed E-state index contributed by atoms with van der Waals surface area (Å²) in [5.41, 5.74) is 1.70. The summed E-state index contributed by atoms with van der Waals surface area (Å²) in [7, 11) is 1.27. The number of rotatable bonds is 3. The number of hydrogen-bond donors (Lipinski definition) is 1. The molecule has 0 spiro atoms. The van der Waals surface area contributed by atoms with Gasteiger partial charge >= 0.3 is 11.9 Å². The number of aromatic nitrogens is 2. The van der Waals surface area contributed by atoms with E-state index in [4.69, 9.17) is 14.2 Å². The maximum absolute atomic E-state index is 13.6. The summed E-state index contributed by atoms with van der Waals surface area (Å²) in [6.45, 7) is 1.28. The van der Waals surface area contributed by atoms with Gasteiger partial charge in [-0.1, -0.05) is 0 Å². The van der Waals surface area contributed by atoms with Crippen molar-refractivity contribution in [1.29, 1.82) is 0 Å². The molecule has 1 aliphatic heterocycles. The first-order valence-corrected chi connectivity index (χ1v) is 8.38. The van der Waals surface area contributed by atoms with E-state index < -0.39 is 18.0 Å². The molecule has 4 rings (SSSR count). The van der Waals surface area contributed by atoms with Crippen LogP contribution in [0.5, 0.6) is 0 Å². The van der Waals surface area contributed by atoms with Gasteiger partial charge in [0, 0.05) is 23.2 Å². The highest BCUT2D eigenvalue weighted by molar-refractivity contribution is 6.09. The number of H-pyrrole nitrogens is 1. The zero-order chi connectivity index (χ0) is 19.8. The fourth-order valence-corrected chi connectivity index (χ4v) is 3.08. The second-order valence-corrected chi connectivity index (χ2v) is 6.15. The first-order chi connectivity index (χ1) is 13.5. The van der Waals surface area contributed by atoms with E-state index in [1.54, 1.807) is 24.3 Å². The van der Waals surface area contributed by atoms with Crippen molar-refractivity contribution >= 4 is 33.7 Å². The number of nitrogens with zero attached hydrogens (tertiary/aromatic N) is 1. The van der Waals surface area contributed by atoms with Crippen LogP contribution in [0.25, 0.3) is 21.8 Å². The smallest absolute Gasteiger partial charge is 0.356 e. The number of esters is 2. The van der Waals surface area contributed by atoms with Gasteiger partial charge in [0.05, 0.1) is 12.6 Å². The molecule has 0 radical (unpaired) electrons. The lowest BCUT2D eigenvalue weighted by molar-refractivity contribution is -0.135. The number of carbonyl (C=O) groups excluding carboxylic acids is 2.